The van der Waals surface area contributed by atoms with Gasteiger partial charge in [-0.1, -0.05) is 30.3 Å². The normalized spacial score (nSPS) is 19.1. The molecule has 1 aromatic carbocycles. The van der Waals surface area contributed by atoms with Crippen LogP contribution in [0.1, 0.15) is 31.2 Å². The average molecular weight is 410 g/mol. The summed E-state index contributed by atoms with van der Waals surface area (Å²) in [4.78, 5) is 18.6. The van der Waals surface area contributed by atoms with E-state index in [9.17, 15) is 13.6 Å². The number of benzene rings is 1. The van der Waals surface area contributed by atoms with E-state index in [0.29, 0.717) is 25.5 Å². The van der Waals surface area contributed by atoms with Gasteiger partial charge in [-0.3, -0.25) is 14.1 Å². The van der Waals surface area contributed by atoms with Gasteiger partial charge in [0, 0.05) is 38.4 Å². The Balaban J connectivity index is 1.32. The van der Waals surface area contributed by atoms with Gasteiger partial charge in [-0.25, -0.2) is 13.8 Å². The highest BCUT2D eigenvalue weighted by molar-refractivity contribution is 5.93. The van der Waals surface area contributed by atoms with Crippen LogP contribution < -0.4 is 5.32 Å². The van der Waals surface area contributed by atoms with Crippen LogP contribution >= 0.6 is 0 Å². The summed E-state index contributed by atoms with van der Waals surface area (Å²) in [5, 5.41) is 2.90. The number of pyridine rings is 1. The third-order valence-electron chi connectivity index (χ3n) is 5.94. The number of carbonyl (C=O) groups is 1. The number of alkyl halides is 2. The van der Waals surface area contributed by atoms with Gasteiger partial charge in [-0.05, 0) is 36.1 Å². The lowest BCUT2D eigenvalue weighted by atomic mass is 10.0. The van der Waals surface area contributed by atoms with Gasteiger partial charge >= 0.3 is 0 Å². The fraction of sp³-hybridized carbons (Fsp3) is 0.391. The van der Waals surface area contributed by atoms with Gasteiger partial charge in [0.1, 0.15) is 5.65 Å². The molecule has 1 aliphatic heterocycles. The predicted octanol–water partition coefficient (Wildman–Crippen LogP) is 4.58. The first-order chi connectivity index (χ1) is 14.5. The van der Waals surface area contributed by atoms with Gasteiger partial charge in [0.2, 0.25) is 5.91 Å². The number of hydrogen-bond donors (Lipinski definition) is 1. The Hall–Kier alpha value is -2.80. The molecule has 0 spiro atoms. The van der Waals surface area contributed by atoms with Gasteiger partial charge in [0.05, 0.1) is 11.9 Å². The number of nitrogens with zero attached hydrogens (tertiary/aromatic N) is 3. The van der Waals surface area contributed by atoms with Crippen LogP contribution in [-0.2, 0) is 11.3 Å². The standard InChI is InChI=1S/C23H24F2N4O/c24-23(25)10-12-28(13-11-23)14-16-4-6-17(7-5-16)19-2-1-3-21-26-20(15-29(19)21)27-22(30)18-8-9-18/h1-7,15,18H,8-14H2,(H,27,30). The lowest BCUT2D eigenvalue weighted by Gasteiger charge is -2.31. The minimum Gasteiger partial charge on any atom is -0.309 e. The predicted molar refractivity (Wildman–Crippen MR) is 111 cm³/mol. The molecular weight excluding hydrogens is 386 g/mol. The summed E-state index contributed by atoms with van der Waals surface area (Å²) in [7, 11) is 0. The van der Waals surface area contributed by atoms with Crippen molar-refractivity contribution in [3.63, 3.8) is 0 Å². The number of aromatic nitrogens is 2. The summed E-state index contributed by atoms with van der Waals surface area (Å²) in [6.45, 7) is 1.54. The molecule has 0 radical (unpaired) electrons. The van der Waals surface area contributed by atoms with E-state index in [2.05, 4.69) is 15.2 Å². The molecule has 2 fully saturated rings. The molecule has 3 heterocycles. The van der Waals surface area contributed by atoms with Crippen LogP contribution in [-0.4, -0.2) is 39.2 Å². The summed E-state index contributed by atoms with van der Waals surface area (Å²) in [5.74, 6) is -1.77. The van der Waals surface area contributed by atoms with Crippen LogP contribution in [0.4, 0.5) is 14.6 Å². The molecule has 0 atom stereocenters. The molecule has 1 N–H and O–H groups in total. The van der Waals surface area contributed by atoms with E-state index in [4.69, 9.17) is 0 Å². The largest absolute Gasteiger partial charge is 0.309 e. The Kier molecular flexibility index (Phi) is 4.77. The van der Waals surface area contributed by atoms with E-state index in [1.165, 1.54) is 0 Å². The van der Waals surface area contributed by atoms with Gasteiger partial charge < -0.3 is 5.32 Å². The Morgan fingerprint density at radius 2 is 1.83 bits per heavy atom. The number of rotatable bonds is 5. The molecule has 1 saturated carbocycles. The van der Waals surface area contributed by atoms with Crippen LogP contribution in [0, 0.1) is 5.92 Å². The van der Waals surface area contributed by atoms with Gasteiger partial charge in [-0.15, -0.1) is 0 Å². The number of anilines is 1. The summed E-state index contributed by atoms with van der Waals surface area (Å²) < 4.78 is 28.7. The van der Waals surface area contributed by atoms with Crippen LogP contribution in [0.2, 0.25) is 0 Å². The highest BCUT2D eigenvalue weighted by Gasteiger charge is 2.33. The lowest BCUT2D eigenvalue weighted by Crippen LogP contribution is -2.38. The number of hydrogen-bond acceptors (Lipinski definition) is 3. The van der Waals surface area contributed by atoms with Crippen LogP contribution in [0.5, 0.6) is 0 Å². The molecule has 156 valence electrons. The van der Waals surface area contributed by atoms with Gasteiger partial charge in [-0.2, -0.15) is 0 Å². The summed E-state index contributed by atoms with van der Waals surface area (Å²) >= 11 is 0. The topological polar surface area (TPSA) is 49.6 Å². The van der Waals surface area contributed by atoms with Crippen molar-refractivity contribution in [2.75, 3.05) is 18.4 Å². The van der Waals surface area contributed by atoms with E-state index >= 15 is 0 Å². The van der Waals surface area contributed by atoms with Gasteiger partial charge in [0.25, 0.3) is 5.92 Å². The number of halogens is 2. The molecule has 5 nitrogen and oxygen atoms in total. The molecule has 2 aliphatic rings. The second-order valence-corrected chi connectivity index (χ2v) is 8.36. The maximum Gasteiger partial charge on any atom is 0.250 e. The van der Waals surface area contributed by atoms with E-state index < -0.39 is 5.92 Å². The Morgan fingerprint density at radius 3 is 2.53 bits per heavy atom. The molecule has 0 bridgehead atoms. The van der Waals surface area contributed by atoms with E-state index in [-0.39, 0.29) is 24.7 Å². The van der Waals surface area contributed by atoms with Crippen LogP contribution in [0.3, 0.4) is 0 Å². The molecule has 5 rings (SSSR count). The molecule has 1 saturated heterocycles. The quantitative estimate of drug-likeness (QED) is 0.670. The van der Waals surface area contributed by atoms with E-state index in [1.54, 1.807) is 0 Å². The maximum atomic E-state index is 13.3. The van der Waals surface area contributed by atoms with E-state index in [1.807, 2.05) is 53.1 Å². The van der Waals surface area contributed by atoms with E-state index in [0.717, 1.165) is 35.3 Å². The monoisotopic (exact) mass is 410 g/mol. The number of piperidine rings is 1. The first kappa shape index (κ1) is 19.2. The molecular formula is C23H24F2N4O. The van der Waals surface area contributed by atoms with Crippen LogP contribution in [0.25, 0.3) is 16.9 Å². The molecule has 7 heteroatoms. The molecule has 30 heavy (non-hydrogen) atoms. The Morgan fingerprint density at radius 1 is 1.10 bits per heavy atom. The summed E-state index contributed by atoms with van der Waals surface area (Å²) in [5.41, 5.74) is 3.90. The van der Waals surface area contributed by atoms with Crippen molar-refractivity contribution < 1.29 is 13.6 Å². The zero-order valence-electron chi connectivity index (χ0n) is 16.7. The fourth-order valence-electron chi connectivity index (χ4n) is 3.96. The molecule has 1 aliphatic carbocycles. The zero-order valence-corrected chi connectivity index (χ0v) is 16.7. The number of fused-ring (bicyclic) bond motifs is 1. The Bertz CT molecular complexity index is 1060. The molecule has 0 unspecified atom stereocenters. The number of carbonyl (C=O) groups excluding carboxylic acids is 1. The average Bonchev–Trinajstić information content (AvgIpc) is 3.50. The van der Waals surface area contributed by atoms with Crippen molar-refractivity contribution >= 4 is 17.4 Å². The van der Waals surface area contributed by atoms with Crippen molar-refractivity contribution in [3.8, 4) is 11.3 Å². The highest BCUT2D eigenvalue weighted by Crippen LogP contribution is 2.31. The second-order valence-electron chi connectivity index (χ2n) is 8.36. The zero-order chi connectivity index (χ0) is 20.7. The van der Waals surface area contributed by atoms with Crippen molar-refractivity contribution in [2.45, 2.75) is 38.2 Å². The molecule has 3 aromatic rings. The number of likely N-dealkylation sites (tertiary alicyclic amines) is 1. The van der Waals surface area contributed by atoms with Crippen LogP contribution in [0.15, 0.2) is 48.7 Å². The second kappa shape index (κ2) is 7.47. The van der Waals surface area contributed by atoms with Crippen molar-refractivity contribution in [1.82, 2.24) is 14.3 Å². The van der Waals surface area contributed by atoms with Crippen molar-refractivity contribution in [3.05, 3.63) is 54.2 Å². The fourth-order valence-corrected chi connectivity index (χ4v) is 3.96. The minimum absolute atomic E-state index is 0.0415. The highest BCUT2D eigenvalue weighted by atomic mass is 19.3. The number of nitrogens with one attached hydrogen (secondary N) is 1. The first-order valence-electron chi connectivity index (χ1n) is 10.5. The minimum atomic E-state index is -2.51. The van der Waals surface area contributed by atoms with Crippen molar-refractivity contribution in [1.29, 1.82) is 0 Å². The third-order valence-corrected chi connectivity index (χ3v) is 5.94. The number of amides is 1. The SMILES string of the molecule is O=C(Nc1cn2c(-c3ccc(CN4CCC(F)(F)CC4)cc3)cccc2n1)C1CC1. The smallest absolute Gasteiger partial charge is 0.250 e. The first-order valence-corrected chi connectivity index (χ1v) is 10.5. The lowest BCUT2D eigenvalue weighted by molar-refractivity contribution is -0.117. The third kappa shape index (κ3) is 4.07. The van der Waals surface area contributed by atoms with Gasteiger partial charge in [0.15, 0.2) is 5.82 Å². The molecule has 2 aromatic heterocycles. The summed E-state index contributed by atoms with van der Waals surface area (Å²) in [6, 6.07) is 14.1. The Labute approximate surface area is 173 Å². The molecule has 1 amide bonds. The number of imidazole rings is 1. The summed E-state index contributed by atoms with van der Waals surface area (Å²) in [6.07, 6.45) is 3.64. The van der Waals surface area contributed by atoms with Crippen molar-refractivity contribution in [2.24, 2.45) is 5.92 Å². The maximum absolute atomic E-state index is 13.3.